The summed E-state index contributed by atoms with van der Waals surface area (Å²) in [6.45, 7) is 2.20. The maximum absolute atomic E-state index is 8.85. The standard InChI is InChI=1S/C9H11ClN4OS/c1-5(2-3-15)16-8-6-4-11-14-7(6)12-9(10)13-8/h4-5,15H,2-3H2,1H3,(H,11,12,13,14). The molecule has 2 rings (SSSR count). The van der Waals surface area contributed by atoms with Crippen LogP contribution in [0.25, 0.3) is 11.0 Å². The zero-order chi connectivity index (χ0) is 11.5. The Morgan fingerprint density at radius 3 is 3.12 bits per heavy atom. The second kappa shape index (κ2) is 4.99. The molecule has 0 radical (unpaired) electrons. The van der Waals surface area contributed by atoms with Gasteiger partial charge in [0.1, 0.15) is 5.03 Å². The zero-order valence-electron chi connectivity index (χ0n) is 8.64. The number of nitrogens with zero attached hydrogens (tertiary/aromatic N) is 3. The van der Waals surface area contributed by atoms with Crippen LogP contribution in [0.2, 0.25) is 5.28 Å². The van der Waals surface area contributed by atoms with Crippen LogP contribution in [0.4, 0.5) is 0 Å². The van der Waals surface area contributed by atoms with Crippen LogP contribution in [-0.2, 0) is 0 Å². The first kappa shape index (κ1) is 11.6. The molecule has 0 aliphatic rings. The van der Waals surface area contributed by atoms with Gasteiger partial charge in [0.2, 0.25) is 5.28 Å². The SMILES string of the molecule is CC(CCO)Sc1nc(Cl)nc2[nH]ncc12. The van der Waals surface area contributed by atoms with E-state index in [4.69, 9.17) is 16.7 Å². The summed E-state index contributed by atoms with van der Waals surface area (Å²) in [4.78, 5) is 8.19. The molecule has 1 atom stereocenters. The highest BCUT2D eigenvalue weighted by molar-refractivity contribution is 8.00. The molecule has 0 aromatic carbocycles. The second-order valence-electron chi connectivity index (χ2n) is 3.37. The van der Waals surface area contributed by atoms with Crippen molar-refractivity contribution < 1.29 is 5.11 Å². The molecule has 7 heteroatoms. The molecule has 0 aliphatic heterocycles. The molecule has 2 aromatic rings. The monoisotopic (exact) mass is 258 g/mol. The zero-order valence-corrected chi connectivity index (χ0v) is 10.2. The van der Waals surface area contributed by atoms with Gasteiger partial charge in [-0.3, -0.25) is 5.10 Å². The largest absolute Gasteiger partial charge is 0.396 e. The molecule has 0 amide bonds. The number of aliphatic hydroxyl groups excluding tert-OH is 1. The first-order valence-corrected chi connectivity index (χ1v) is 6.10. The Kier molecular flexibility index (Phi) is 3.63. The van der Waals surface area contributed by atoms with Crippen LogP contribution in [-0.4, -0.2) is 37.1 Å². The number of nitrogens with one attached hydrogen (secondary N) is 1. The summed E-state index contributed by atoms with van der Waals surface area (Å²) in [5, 5.41) is 17.6. The molecule has 1 unspecified atom stereocenters. The Labute approximate surface area is 102 Å². The third-order valence-corrected chi connectivity index (χ3v) is 3.44. The number of halogens is 1. The lowest BCUT2D eigenvalue weighted by molar-refractivity contribution is 0.289. The smallest absolute Gasteiger partial charge is 0.225 e. The molecule has 86 valence electrons. The van der Waals surface area contributed by atoms with Crippen molar-refractivity contribution in [2.45, 2.75) is 23.6 Å². The molecule has 2 aromatic heterocycles. The summed E-state index contributed by atoms with van der Waals surface area (Å²) in [7, 11) is 0. The van der Waals surface area contributed by atoms with E-state index in [2.05, 4.69) is 20.2 Å². The van der Waals surface area contributed by atoms with Gasteiger partial charge in [0, 0.05) is 11.9 Å². The van der Waals surface area contributed by atoms with Gasteiger partial charge < -0.3 is 5.11 Å². The Morgan fingerprint density at radius 2 is 2.38 bits per heavy atom. The number of rotatable bonds is 4. The van der Waals surface area contributed by atoms with Crippen molar-refractivity contribution in [1.29, 1.82) is 0 Å². The molecule has 2 heterocycles. The molecular formula is C9H11ClN4OS. The summed E-state index contributed by atoms with van der Waals surface area (Å²) in [5.74, 6) is 0. The van der Waals surface area contributed by atoms with Gasteiger partial charge in [0.15, 0.2) is 5.65 Å². The topological polar surface area (TPSA) is 74.7 Å². The van der Waals surface area contributed by atoms with E-state index in [1.54, 1.807) is 18.0 Å². The minimum atomic E-state index is 0.168. The molecule has 0 saturated carbocycles. The molecule has 0 aliphatic carbocycles. The van der Waals surface area contributed by atoms with Gasteiger partial charge in [-0.1, -0.05) is 6.92 Å². The fraction of sp³-hybridized carbons (Fsp3) is 0.444. The lowest BCUT2D eigenvalue weighted by Crippen LogP contribution is -2.00. The summed E-state index contributed by atoms with van der Waals surface area (Å²) in [6.07, 6.45) is 2.39. The van der Waals surface area contributed by atoms with Gasteiger partial charge in [-0.2, -0.15) is 10.1 Å². The number of hydrogen-bond donors (Lipinski definition) is 2. The fourth-order valence-corrected chi connectivity index (χ4v) is 2.54. The normalized spacial score (nSPS) is 13.2. The lowest BCUT2D eigenvalue weighted by Gasteiger charge is -2.08. The van der Waals surface area contributed by atoms with Crippen LogP contribution in [0.3, 0.4) is 0 Å². The lowest BCUT2D eigenvalue weighted by atomic mass is 10.3. The Hall–Kier alpha value is -0.850. The molecule has 0 spiro atoms. The highest BCUT2D eigenvalue weighted by Crippen LogP contribution is 2.29. The van der Waals surface area contributed by atoms with Gasteiger partial charge in [-0.05, 0) is 18.0 Å². The quantitative estimate of drug-likeness (QED) is 0.498. The van der Waals surface area contributed by atoms with Crippen LogP contribution in [0, 0.1) is 0 Å². The number of thioether (sulfide) groups is 1. The first-order chi connectivity index (χ1) is 7.70. The predicted molar refractivity (Wildman–Crippen MR) is 63.7 cm³/mol. The number of H-pyrrole nitrogens is 1. The molecule has 0 fully saturated rings. The van der Waals surface area contributed by atoms with E-state index in [1.165, 1.54) is 0 Å². The molecular weight excluding hydrogens is 248 g/mol. The second-order valence-corrected chi connectivity index (χ2v) is 5.14. The van der Waals surface area contributed by atoms with E-state index in [0.29, 0.717) is 12.1 Å². The minimum absolute atomic E-state index is 0.168. The van der Waals surface area contributed by atoms with Crippen molar-refractivity contribution in [3.63, 3.8) is 0 Å². The van der Waals surface area contributed by atoms with Crippen LogP contribution in [0.15, 0.2) is 11.2 Å². The maximum Gasteiger partial charge on any atom is 0.225 e. The minimum Gasteiger partial charge on any atom is -0.396 e. The van der Waals surface area contributed by atoms with E-state index in [1.807, 2.05) is 6.92 Å². The first-order valence-electron chi connectivity index (χ1n) is 4.85. The van der Waals surface area contributed by atoms with Crippen molar-refractivity contribution in [2.24, 2.45) is 0 Å². The number of aromatic amines is 1. The van der Waals surface area contributed by atoms with Crippen molar-refractivity contribution in [2.75, 3.05) is 6.61 Å². The molecule has 2 N–H and O–H groups in total. The van der Waals surface area contributed by atoms with Gasteiger partial charge in [-0.15, -0.1) is 11.8 Å². The van der Waals surface area contributed by atoms with Gasteiger partial charge >= 0.3 is 0 Å². The van der Waals surface area contributed by atoms with E-state index in [9.17, 15) is 0 Å². The summed E-state index contributed by atoms with van der Waals surface area (Å²) >= 11 is 7.37. The van der Waals surface area contributed by atoms with E-state index in [0.717, 1.165) is 10.4 Å². The van der Waals surface area contributed by atoms with Gasteiger partial charge in [0.05, 0.1) is 11.6 Å². The van der Waals surface area contributed by atoms with E-state index >= 15 is 0 Å². The van der Waals surface area contributed by atoms with Crippen LogP contribution < -0.4 is 0 Å². The third-order valence-electron chi connectivity index (χ3n) is 2.10. The van der Waals surface area contributed by atoms with Crippen molar-refractivity contribution in [3.05, 3.63) is 11.5 Å². The van der Waals surface area contributed by atoms with Crippen molar-refractivity contribution in [3.8, 4) is 0 Å². The summed E-state index contributed by atoms with van der Waals surface area (Å²) < 4.78 is 0. The van der Waals surface area contributed by atoms with Crippen LogP contribution in [0.5, 0.6) is 0 Å². The molecule has 0 bridgehead atoms. The molecule has 0 saturated heterocycles. The highest BCUT2D eigenvalue weighted by atomic mass is 35.5. The van der Waals surface area contributed by atoms with Gasteiger partial charge in [0.25, 0.3) is 0 Å². The number of hydrogen-bond acceptors (Lipinski definition) is 5. The highest BCUT2D eigenvalue weighted by Gasteiger charge is 2.12. The Morgan fingerprint density at radius 1 is 1.56 bits per heavy atom. The average molecular weight is 259 g/mol. The summed E-state index contributed by atoms with van der Waals surface area (Å²) in [5.41, 5.74) is 0.638. The van der Waals surface area contributed by atoms with Crippen LogP contribution >= 0.6 is 23.4 Å². The van der Waals surface area contributed by atoms with E-state index < -0.39 is 0 Å². The summed E-state index contributed by atoms with van der Waals surface area (Å²) in [6, 6.07) is 0. The van der Waals surface area contributed by atoms with E-state index in [-0.39, 0.29) is 17.1 Å². The number of aliphatic hydroxyl groups is 1. The number of aromatic nitrogens is 4. The molecule has 5 nitrogen and oxygen atoms in total. The predicted octanol–water partition coefficient (Wildman–Crippen LogP) is 1.87. The van der Waals surface area contributed by atoms with Crippen molar-refractivity contribution in [1.82, 2.24) is 20.2 Å². The average Bonchev–Trinajstić information content (AvgIpc) is 2.65. The fourth-order valence-electron chi connectivity index (χ4n) is 1.30. The Balaban J connectivity index is 2.31. The molecule has 16 heavy (non-hydrogen) atoms. The van der Waals surface area contributed by atoms with Gasteiger partial charge in [-0.25, -0.2) is 4.98 Å². The van der Waals surface area contributed by atoms with Crippen LogP contribution in [0.1, 0.15) is 13.3 Å². The number of fused-ring (bicyclic) bond motifs is 1. The third kappa shape index (κ3) is 2.45. The van der Waals surface area contributed by atoms with Crippen molar-refractivity contribution >= 4 is 34.4 Å². The Bertz CT molecular complexity index is 489. The maximum atomic E-state index is 8.85.